The summed E-state index contributed by atoms with van der Waals surface area (Å²) in [6.07, 6.45) is 1.60. The lowest BCUT2D eigenvalue weighted by atomic mass is 10.2. The summed E-state index contributed by atoms with van der Waals surface area (Å²) in [5.74, 6) is 0.613. The van der Waals surface area contributed by atoms with Gasteiger partial charge in [0, 0.05) is 30.5 Å². The number of thioether (sulfide) groups is 1. The molecule has 1 aromatic heterocycles. The number of nitrogens with one attached hydrogen (secondary N) is 1. The molecular formula is C26H26N6O2S. The molecule has 3 aromatic carbocycles. The quantitative estimate of drug-likeness (QED) is 0.202. The molecule has 0 spiro atoms. The van der Waals surface area contributed by atoms with Crippen LogP contribution in [0, 0.1) is 0 Å². The minimum absolute atomic E-state index is 0.0962. The highest BCUT2D eigenvalue weighted by Crippen LogP contribution is 2.27. The molecule has 0 bridgehead atoms. The molecule has 9 heteroatoms. The molecule has 0 aliphatic rings. The maximum absolute atomic E-state index is 12.4. The first kappa shape index (κ1) is 24.2. The van der Waals surface area contributed by atoms with Gasteiger partial charge in [-0.05, 0) is 29.8 Å². The van der Waals surface area contributed by atoms with Crippen molar-refractivity contribution in [3.63, 3.8) is 0 Å². The Kier molecular flexibility index (Phi) is 8.26. The van der Waals surface area contributed by atoms with Gasteiger partial charge in [-0.3, -0.25) is 9.36 Å². The van der Waals surface area contributed by atoms with E-state index < -0.39 is 0 Å². The van der Waals surface area contributed by atoms with Gasteiger partial charge in [0.15, 0.2) is 11.0 Å². The number of nitrogens with zero attached hydrogens (tertiary/aromatic N) is 5. The van der Waals surface area contributed by atoms with Crippen LogP contribution in [0.2, 0.25) is 0 Å². The molecule has 0 aliphatic carbocycles. The molecular weight excluding hydrogens is 460 g/mol. The minimum Gasteiger partial charge on any atom is -0.395 e. The Morgan fingerprint density at radius 2 is 1.71 bits per heavy atom. The van der Waals surface area contributed by atoms with Crippen LogP contribution in [-0.4, -0.2) is 57.9 Å². The molecule has 0 unspecified atom stereocenters. The first-order valence-electron chi connectivity index (χ1n) is 11.1. The van der Waals surface area contributed by atoms with Crippen LogP contribution in [0.25, 0.3) is 17.1 Å². The molecule has 178 valence electrons. The summed E-state index contributed by atoms with van der Waals surface area (Å²) >= 11 is 1.30. The molecule has 0 saturated heterocycles. The zero-order chi connectivity index (χ0) is 24.5. The normalized spacial score (nSPS) is 11.0. The van der Waals surface area contributed by atoms with Gasteiger partial charge < -0.3 is 10.0 Å². The zero-order valence-corrected chi connectivity index (χ0v) is 20.1. The molecule has 0 aliphatic heterocycles. The van der Waals surface area contributed by atoms with Crippen molar-refractivity contribution in [3.8, 4) is 17.1 Å². The second-order valence-electron chi connectivity index (χ2n) is 7.66. The standard InChI is InChI=1S/C26H26N6O2S/c1-31(16-17-33)22-14-12-20(13-15-22)18-27-28-24(34)19-35-26-30-29-25(21-8-4-2-5-9-21)32(26)23-10-6-3-7-11-23/h2-15,18,33H,16-17,19H2,1H3,(H,28,34)/b27-18+. The average Bonchev–Trinajstić information content (AvgIpc) is 3.33. The van der Waals surface area contributed by atoms with E-state index in [9.17, 15) is 4.79 Å². The molecule has 4 rings (SSSR count). The number of carbonyl (C=O) groups is 1. The van der Waals surface area contributed by atoms with E-state index in [-0.39, 0.29) is 18.3 Å². The fourth-order valence-corrected chi connectivity index (χ4v) is 4.13. The second kappa shape index (κ2) is 12.0. The molecule has 4 aromatic rings. The number of hydrazone groups is 1. The number of benzene rings is 3. The number of aliphatic hydroxyl groups is 1. The molecule has 0 fully saturated rings. The first-order valence-corrected chi connectivity index (χ1v) is 12.1. The molecule has 0 radical (unpaired) electrons. The Bertz CT molecular complexity index is 1260. The van der Waals surface area contributed by atoms with Gasteiger partial charge in [-0.1, -0.05) is 72.4 Å². The van der Waals surface area contributed by atoms with Crippen molar-refractivity contribution in [2.45, 2.75) is 5.16 Å². The first-order chi connectivity index (χ1) is 17.2. The van der Waals surface area contributed by atoms with Crippen LogP contribution in [0.3, 0.4) is 0 Å². The summed E-state index contributed by atoms with van der Waals surface area (Å²) < 4.78 is 1.95. The van der Waals surface area contributed by atoms with Crippen LogP contribution in [0.1, 0.15) is 5.56 Å². The van der Waals surface area contributed by atoms with Crippen molar-refractivity contribution < 1.29 is 9.90 Å². The van der Waals surface area contributed by atoms with E-state index in [0.29, 0.717) is 17.5 Å². The molecule has 2 N–H and O–H groups in total. The van der Waals surface area contributed by atoms with Crippen molar-refractivity contribution in [2.75, 3.05) is 30.9 Å². The van der Waals surface area contributed by atoms with Gasteiger partial charge in [0.25, 0.3) is 5.91 Å². The van der Waals surface area contributed by atoms with Crippen molar-refractivity contribution >= 4 is 29.6 Å². The third kappa shape index (κ3) is 6.34. The number of amides is 1. The molecule has 8 nitrogen and oxygen atoms in total. The Morgan fingerprint density at radius 1 is 1.03 bits per heavy atom. The van der Waals surface area contributed by atoms with Gasteiger partial charge in [0.1, 0.15) is 0 Å². The number of aliphatic hydroxyl groups excluding tert-OH is 1. The number of aromatic nitrogens is 3. The minimum atomic E-state index is -0.241. The maximum Gasteiger partial charge on any atom is 0.250 e. The predicted molar refractivity (Wildman–Crippen MR) is 140 cm³/mol. The lowest BCUT2D eigenvalue weighted by Crippen LogP contribution is -2.21. The Balaban J connectivity index is 1.40. The van der Waals surface area contributed by atoms with E-state index in [4.69, 9.17) is 5.11 Å². The van der Waals surface area contributed by atoms with Gasteiger partial charge in [0.05, 0.1) is 18.6 Å². The topological polar surface area (TPSA) is 95.6 Å². The number of rotatable bonds is 10. The summed E-state index contributed by atoms with van der Waals surface area (Å²) in [6.45, 7) is 0.658. The van der Waals surface area contributed by atoms with Crippen LogP contribution < -0.4 is 10.3 Å². The van der Waals surface area contributed by atoms with Crippen LogP contribution in [0.5, 0.6) is 0 Å². The fraction of sp³-hybridized carbons (Fsp3) is 0.154. The zero-order valence-electron chi connectivity index (χ0n) is 19.3. The van der Waals surface area contributed by atoms with E-state index in [1.165, 1.54) is 11.8 Å². The second-order valence-corrected chi connectivity index (χ2v) is 8.60. The molecule has 0 saturated carbocycles. The number of carbonyl (C=O) groups excluding carboxylic acids is 1. The van der Waals surface area contributed by atoms with Crippen LogP contribution in [0.4, 0.5) is 5.69 Å². The highest BCUT2D eigenvalue weighted by Gasteiger charge is 2.17. The van der Waals surface area contributed by atoms with Gasteiger partial charge in [0.2, 0.25) is 0 Å². The summed E-state index contributed by atoms with van der Waals surface area (Å²) in [7, 11) is 1.92. The van der Waals surface area contributed by atoms with E-state index >= 15 is 0 Å². The summed E-state index contributed by atoms with van der Waals surface area (Å²) in [4.78, 5) is 14.4. The van der Waals surface area contributed by atoms with Crippen molar-refractivity contribution in [3.05, 3.63) is 90.5 Å². The van der Waals surface area contributed by atoms with Crippen LogP contribution in [0.15, 0.2) is 95.2 Å². The number of hydrogen-bond acceptors (Lipinski definition) is 7. The average molecular weight is 487 g/mol. The third-order valence-corrected chi connectivity index (χ3v) is 6.11. The van der Waals surface area contributed by atoms with Gasteiger partial charge in [-0.25, -0.2) is 5.43 Å². The fourth-order valence-electron chi connectivity index (χ4n) is 3.38. The predicted octanol–water partition coefficient (Wildman–Crippen LogP) is 3.61. The molecule has 1 amide bonds. The van der Waals surface area contributed by atoms with Crippen LogP contribution >= 0.6 is 11.8 Å². The van der Waals surface area contributed by atoms with Crippen molar-refractivity contribution in [1.82, 2.24) is 20.2 Å². The van der Waals surface area contributed by atoms with Gasteiger partial charge in [-0.15, -0.1) is 10.2 Å². The number of likely N-dealkylation sites (N-methyl/N-ethyl adjacent to an activating group) is 1. The summed E-state index contributed by atoms with van der Waals surface area (Å²) in [5, 5.41) is 22.5. The lowest BCUT2D eigenvalue weighted by molar-refractivity contribution is -0.118. The van der Waals surface area contributed by atoms with Gasteiger partial charge in [-0.2, -0.15) is 5.10 Å². The van der Waals surface area contributed by atoms with E-state index in [2.05, 4.69) is 20.7 Å². The third-order valence-electron chi connectivity index (χ3n) is 5.18. The maximum atomic E-state index is 12.4. The Hall–Kier alpha value is -3.95. The molecule has 1 heterocycles. The molecule has 35 heavy (non-hydrogen) atoms. The summed E-state index contributed by atoms with van der Waals surface area (Å²) in [5.41, 5.74) is 6.28. The van der Waals surface area contributed by atoms with E-state index in [1.54, 1.807) is 6.21 Å². The number of hydrogen-bond donors (Lipinski definition) is 2. The smallest absolute Gasteiger partial charge is 0.250 e. The highest BCUT2D eigenvalue weighted by atomic mass is 32.2. The van der Waals surface area contributed by atoms with Crippen LogP contribution in [-0.2, 0) is 4.79 Å². The van der Waals surface area contributed by atoms with E-state index in [0.717, 1.165) is 22.5 Å². The molecule has 0 atom stereocenters. The summed E-state index contributed by atoms with van der Waals surface area (Å²) in [6, 6.07) is 27.4. The largest absolute Gasteiger partial charge is 0.395 e. The van der Waals surface area contributed by atoms with Gasteiger partial charge >= 0.3 is 0 Å². The lowest BCUT2D eigenvalue weighted by Gasteiger charge is -2.17. The SMILES string of the molecule is CN(CCO)c1ccc(/C=N/NC(=O)CSc2nnc(-c3ccccc3)n2-c2ccccc2)cc1. The monoisotopic (exact) mass is 486 g/mol. The number of para-hydroxylation sites is 1. The van der Waals surface area contributed by atoms with Crippen molar-refractivity contribution in [1.29, 1.82) is 0 Å². The Morgan fingerprint density at radius 3 is 2.40 bits per heavy atom. The number of anilines is 1. The highest BCUT2D eigenvalue weighted by molar-refractivity contribution is 7.99. The van der Waals surface area contributed by atoms with E-state index in [1.807, 2.05) is 101 Å². The Labute approximate surface area is 208 Å². The van der Waals surface area contributed by atoms with Crippen molar-refractivity contribution in [2.24, 2.45) is 5.10 Å².